The molecule has 0 heterocycles. The fourth-order valence-electron chi connectivity index (χ4n) is 8.35. The van der Waals surface area contributed by atoms with E-state index >= 15 is 0 Å². The van der Waals surface area contributed by atoms with Crippen LogP contribution in [0.15, 0.2) is 146 Å². The Balaban J connectivity index is 1.16. The van der Waals surface area contributed by atoms with Crippen LogP contribution in [0.1, 0.15) is 55.9 Å². The van der Waals surface area contributed by atoms with Crippen LogP contribution in [0.4, 0.5) is 0 Å². The van der Waals surface area contributed by atoms with Crippen molar-refractivity contribution in [1.82, 2.24) is 31.9 Å². The molecule has 6 aromatic carbocycles. The smallest absolute Gasteiger partial charge is 0.243 e. The Hall–Kier alpha value is -7.38. The summed E-state index contributed by atoms with van der Waals surface area (Å²) in [6, 6.07) is 40.9. The average Bonchev–Trinajstić information content (AvgIpc) is 3.33. The van der Waals surface area contributed by atoms with Crippen molar-refractivity contribution in [1.29, 1.82) is 0 Å². The zero-order valence-corrected chi connectivity index (χ0v) is 38.3. The van der Waals surface area contributed by atoms with Crippen LogP contribution in [-0.2, 0) is 54.5 Å². The zero-order chi connectivity index (χ0) is 47.7. The Bertz CT molecular complexity index is 2630. The summed E-state index contributed by atoms with van der Waals surface area (Å²) in [4.78, 5) is 81.2. The molecular weight excluding hydrogens is 843 g/mol. The third kappa shape index (κ3) is 14.1. The highest BCUT2D eigenvalue weighted by molar-refractivity contribution is 5.95. The molecule has 0 bridgehead atoms. The Morgan fingerprint density at radius 2 is 0.851 bits per heavy atom. The lowest BCUT2D eigenvalue weighted by Gasteiger charge is -2.28. The number of benzene rings is 6. The molecule has 6 aromatic rings. The number of fused-ring (bicyclic) bond motifs is 2. The normalized spacial score (nSPS) is 13.8. The van der Waals surface area contributed by atoms with Crippen molar-refractivity contribution in [3.05, 3.63) is 168 Å². The minimum Gasteiger partial charge on any atom is -0.368 e. The van der Waals surface area contributed by atoms with E-state index in [4.69, 9.17) is 5.73 Å². The lowest BCUT2D eigenvalue weighted by molar-refractivity contribution is -0.132. The van der Waals surface area contributed by atoms with E-state index in [1.54, 1.807) is 13.8 Å². The van der Waals surface area contributed by atoms with Gasteiger partial charge < -0.3 is 37.6 Å². The number of hydrogen-bond donors (Lipinski definition) is 7. The van der Waals surface area contributed by atoms with Gasteiger partial charge in [0.15, 0.2) is 0 Å². The highest BCUT2D eigenvalue weighted by Crippen LogP contribution is 2.21. The van der Waals surface area contributed by atoms with E-state index in [2.05, 4.69) is 31.9 Å². The number of amides is 6. The monoisotopic (exact) mass is 903 g/mol. The summed E-state index contributed by atoms with van der Waals surface area (Å²) >= 11 is 0. The lowest BCUT2D eigenvalue weighted by atomic mass is 9.98. The van der Waals surface area contributed by atoms with E-state index in [0.29, 0.717) is 6.42 Å². The van der Waals surface area contributed by atoms with Crippen molar-refractivity contribution in [2.45, 2.75) is 95.5 Å². The van der Waals surface area contributed by atoms with Gasteiger partial charge in [0.1, 0.15) is 24.2 Å². The maximum absolute atomic E-state index is 14.3. The van der Waals surface area contributed by atoms with Crippen LogP contribution in [0, 0.1) is 0 Å². The first kappa shape index (κ1) is 49.1. The molecule has 13 heteroatoms. The van der Waals surface area contributed by atoms with Crippen molar-refractivity contribution in [3.63, 3.8) is 0 Å². The maximum atomic E-state index is 14.3. The molecule has 0 saturated heterocycles. The van der Waals surface area contributed by atoms with Gasteiger partial charge in [-0.3, -0.25) is 28.8 Å². The number of nitrogens with one attached hydrogen (secondary N) is 6. The molecule has 0 aliphatic rings. The predicted octanol–water partition coefficient (Wildman–Crippen LogP) is 4.97. The molecule has 0 fully saturated rings. The van der Waals surface area contributed by atoms with Crippen LogP contribution >= 0.6 is 0 Å². The summed E-state index contributed by atoms with van der Waals surface area (Å²) in [7, 11) is 0. The molecule has 0 saturated carbocycles. The van der Waals surface area contributed by atoms with E-state index < -0.39 is 65.8 Å². The van der Waals surface area contributed by atoms with E-state index in [-0.39, 0.29) is 44.6 Å². The quantitative estimate of drug-likeness (QED) is 0.0471. The molecule has 348 valence electrons. The Kier molecular flexibility index (Phi) is 17.7. The largest absolute Gasteiger partial charge is 0.368 e. The zero-order valence-electron chi connectivity index (χ0n) is 38.3. The molecule has 8 N–H and O–H groups in total. The number of nitrogens with two attached hydrogens (primary N) is 1. The first-order chi connectivity index (χ1) is 32.4. The van der Waals surface area contributed by atoms with Gasteiger partial charge in [-0.05, 0) is 69.5 Å². The second-order valence-electron chi connectivity index (χ2n) is 16.9. The molecule has 6 rings (SSSR count). The van der Waals surface area contributed by atoms with Gasteiger partial charge in [0.2, 0.25) is 35.4 Å². The number of carbonyl (C=O) groups excluding carboxylic acids is 6. The van der Waals surface area contributed by atoms with Gasteiger partial charge in [-0.2, -0.15) is 0 Å². The van der Waals surface area contributed by atoms with Crippen molar-refractivity contribution in [2.24, 2.45) is 5.73 Å². The first-order valence-electron chi connectivity index (χ1n) is 22.9. The second kappa shape index (κ2) is 24.2. The Morgan fingerprint density at radius 1 is 0.433 bits per heavy atom. The number of primary amides is 1. The topological polar surface area (TPSA) is 201 Å². The van der Waals surface area contributed by atoms with Crippen LogP contribution in [0.3, 0.4) is 0 Å². The van der Waals surface area contributed by atoms with Gasteiger partial charge in [0.25, 0.3) is 0 Å². The first-order valence-corrected chi connectivity index (χ1v) is 22.9. The van der Waals surface area contributed by atoms with E-state index in [0.717, 1.165) is 43.8 Å². The third-order valence-corrected chi connectivity index (χ3v) is 11.9. The van der Waals surface area contributed by atoms with Gasteiger partial charge in [0.05, 0.1) is 6.04 Å². The van der Waals surface area contributed by atoms with Crippen LogP contribution in [0.5, 0.6) is 0 Å². The molecule has 67 heavy (non-hydrogen) atoms. The van der Waals surface area contributed by atoms with Crippen LogP contribution in [-0.4, -0.2) is 78.2 Å². The fourth-order valence-corrected chi connectivity index (χ4v) is 8.35. The van der Waals surface area contributed by atoms with E-state index in [1.807, 2.05) is 146 Å². The van der Waals surface area contributed by atoms with Crippen LogP contribution < -0.4 is 37.6 Å². The number of carbonyl (C=O) groups is 6. The maximum Gasteiger partial charge on any atom is 0.243 e. The third-order valence-electron chi connectivity index (χ3n) is 11.9. The average molecular weight is 904 g/mol. The second-order valence-corrected chi connectivity index (χ2v) is 16.9. The summed E-state index contributed by atoms with van der Waals surface area (Å²) in [5.41, 5.74) is 9.35. The Labute approximate surface area is 392 Å². The Morgan fingerprint density at radius 3 is 1.36 bits per heavy atom. The van der Waals surface area contributed by atoms with Gasteiger partial charge in [0, 0.05) is 32.4 Å². The number of hydrogen-bond acceptors (Lipinski definition) is 7. The molecule has 0 aromatic heterocycles. The van der Waals surface area contributed by atoms with Crippen molar-refractivity contribution in [2.75, 3.05) is 6.54 Å². The minimum atomic E-state index is -1.03. The summed E-state index contributed by atoms with van der Waals surface area (Å²) in [5, 5.41) is 21.8. The summed E-state index contributed by atoms with van der Waals surface area (Å²) in [6.07, 6.45) is 1.54. The summed E-state index contributed by atoms with van der Waals surface area (Å²) < 4.78 is 0. The van der Waals surface area contributed by atoms with Gasteiger partial charge in [-0.25, -0.2) is 0 Å². The molecular formula is C54H61N7O6. The highest BCUT2D eigenvalue weighted by atomic mass is 16.2. The SMILES string of the molecule is CC[C@H](NC(=O)[C@H](Cc1cccc2ccccc12)NC(C)=O)C(=O)N[C@H](CN[C@@H](Cc1ccccc1)C(=O)N[C@@H](CC)C(=O)N[C@@H](Cc1cccc2ccccc12)C(N)=O)Cc1ccccc1. The van der Waals surface area contributed by atoms with E-state index in [1.165, 1.54) is 6.92 Å². The molecule has 0 radical (unpaired) electrons. The fraction of sp³-hybridized carbons (Fsp3) is 0.296. The van der Waals surface area contributed by atoms with Gasteiger partial charge >= 0.3 is 0 Å². The molecule has 0 aliphatic carbocycles. The van der Waals surface area contributed by atoms with Crippen molar-refractivity contribution >= 4 is 57.0 Å². The highest BCUT2D eigenvalue weighted by Gasteiger charge is 2.31. The minimum absolute atomic E-state index is 0.142. The molecule has 13 nitrogen and oxygen atoms in total. The van der Waals surface area contributed by atoms with Crippen LogP contribution in [0.25, 0.3) is 21.5 Å². The molecule has 0 aliphatic heterocycles. The summed E-state index contributed by atoms with van der Waals surface area (Å²) in [5.74, 6) is -2.99. The van der Waals surface area contributed by atoms with Gasteiger partial charge in [-0.1, -0.05) is 159 Å². The van der Waals surface area contributed by atoms with Crippen LogP contribution in [0.2, 0.25) is 0 Å². The van der Waals surface area contributed by atoms with Crippen molar-refractivity contribution in [3.8, 4) is 0 Å². The predicted molar refractivity (Wildman–Crippen MR) is 262 cm³/mol. The molecule has 6 amide bonds. The lowest BCUT2D eigenvalue weighted by Crippen LogP contribution is -2.58. The van der Waals surface area contributed by atoms with Crippen molar-refractivity contribution < 1.29 is 28.8 Å². The van der Waals surface area contributed by atoms with Gasteiger partial charge in [-0.15, -0.1) is 0 Å². The standard InChI is InChI=1S/C54H61N7O6/c1-4-45(60-54(67)49(57-35(3)62)33-41-27-17-25-39-23-13-15-29-44(39)41)51(64)58-42(30-36-18-8-6-9-19-36)34-56-48(31-37-20-10-7-11-21-37)53(66)59-46(5-2)52(65)61-47(50(55)63)32-40-26-16-24-38-22-12-14-28-43(38)40/h6-29,42,45-49,56H,4-5,30-34H2,1-3H3,(H2,55,63)(H,57,62)(H,58,64)(H,59,66)(H,60,67)(H,61,65)/t42-,45-,46-,47-,48-,49-/m0/s1. The number of rotatable bonds is 23. The summed E-state index contributed by atoms with van der Waals surface area (Å²) in [6.45, 7) is 5.06. The molecule has 0 spiro atoms. The molecule has 6 atom stereocenters. The molecule has 0 unspecified atom stereocenters. The van der Waals surface area contributed by atoms with E-state index in [9.17, 15) is 28.8 Å².